The van der Waals surface area contributed by atoms with Crippen molar-refractivity contribution in [2.24, 2.45) is 4.99 Å². The van der Waals surface area contributed by atoms with E-state index in [1.807, 2.05) is 24.3 Å². The number of amides is 1. The standard InChI is InChI=1S/C19H19ClN2OS3/c1-13-3-8-16-17(11-13)26-19(22(16)9-10-24-2)21-18(23)12-25-15-6-4-14(20)5-7-15/h3-8,11H,9-10,12H2,1-2H3. The van der Waals surface area contributed by atoms with Gasteiger partial charge in [-0.2, -0.15) is 16.8 Å². The molecule has 1 heterocycles. The summed E-state index contributed by atoms with van der Waals surface area (Å²) in [6.45, 7) is 2.93. The first kappa shape index (κ1) is 19.5. The Morgan fingerprint density at radius 3 is 2.73 bits per heavy atom. The fourth-order valence-corrected chi connectivity index (χ4v) is 4.83. The molecule has 26 heavy (non-hydrogen) atoms. The summed E-state index contributed by atoms with van der Waals surface area (Å²) in [4.78, 5) is 18.6. The molecular weight excluding hydrogens is 404 g/mol. The highest BCUT2D eigenvalue weighted by Crippen LogP contribution is 2.21. The molecule has 136 valence electrons. The third kappa shape index (κ3) is 4.94. The second-order valence-electron chi connectivity index (χ2n) is 5.75. The van der Waals surface area contributed by atoms with E-state index < -0.39 is 0 Å². The van der Waals surface area contributed by atoms with Crippen molar-refractivity contribution in [1.29, 1.82) is 0 Å². The lowest BCUT2D eigenvalue weighted by molar-refractivity contribution is -0.115. The van der Waals surface area contributed by atoms with Gasteiger partial charge in [0, 0.05) is 22.2 Å². The van der Waals surface area contributed by atoms with Crippen molar-refractivity contribution in [3.05, 3.63) is 57.9 Å². The van der Waals surface area contributed by atoms with Gasteiger partial charge in [0.25, 0.3) is 5.91 Å². The average molecular weight is 423 g/mol. The van der Waals surface area contributed by atoms with E-state index in [9.17, 15) is 4.79 Å². The van der Waals surface area contributed by atoms with Crippen molar-refractivity contribution in [3.8, 4) is 0 Å². The highest BCUT2D eigenvalue weighted by atomic mass is 35.5. The predicted octanol–water partition coefficient (Wildman–Crippen LogP) is 5.25. The summed E-state index contributed by atoms with van der Waals surface area (Å²) in [6.07, 6.45) is 2.09. The lowest BCUT2D eigenvalue weighted by atomic mass is 10.2. The van der Waals surface area contributed by atoms with E-state index in [0.717, 1.165) is 27.5 Å². The smallest absolute Gasteiger partial charge is 0.258 e. The Kier molecular flexibility index (Phi) is 6.86. The van der Waals surface area contributed by atoms with Crippen molar-refractivity contribution in [1.82, 2.24) is 4.57 Å². The van der Waals surface area contributed by atoms with E-state index in [2.05, 4.69) is 40.9 Å². The number of aryl methyl sites for hydroxylation is 2. The number of carbonyl (C=O) groups excluding carboxylic acids is 1. The van der Waals surface area contributed by atoms with Gasteiger partial charge in [-0.05, 0) is 55.1 Å². The van der Waals surface area contributed by atoms with E-state index in [-0.39, 0.29) is 5.91 Å². The molecule has 3 nitrogen and oxygen atoms in total. The number of halogens is 1. The Balaban J connectivity index is 1.84. The summed E-state index contributed by atoms with van der Waals surface area (Å²) in [7, 11) is 0. The Morgan fingerprint density at radius 1 is 1.23 bits per heavy atom. The first-order valence-electron chi connectivity index (χ1n) is 8.11. The number of rotatable bonds is 6. The molecule has 7 heteroatoms. The number of aromatic nitrogens is 1. The van der Waals surface area contributed by atoms with Gasteiger partial charge in [0.2, 0.25) is 0 Å². The lowest BCUT2D eigenvalue weighted by Gasteiger charge is -2.04. The number of thiazole rings is 1. The van der Waals surface area contributed by atoms with Crippen LogP contribution in [0.1, 0.15) is 5.56 Å². The Morgan fingerprint density at radius 2 is 2.00 bits per heavy atom. The molecule has 0 spiro atoms. The van der Waals surface area contributed by atoms with E-state index in [1.165, 1.54) is 22.0 Å². The van der Waals surface area contributed by atoms with Gasteiger partial charge in [-0.15, -0.1) is 11.8 Å². The number of hydrogen-bond acceptors (Lipinski definition) is 4. The number of benzene rings is 2. The van der Waals surface area contributed by atoms with Gasteiger partial charge in [0.05, 0.1) is 16.0 Å². The zero-order valence-electron chi connectivity index (χ0n) is 14.6. The van der Waals surface area contributed by atoms with Gasteiger partial charge in [-0.1, -0.05) is 29.0 Å². The average Bonchev–Trinajstić information content (AvgIpc) is 2.95. The molecule has 0 saturated carbocycles. The fraction of sp³-hybridized carbons (Fsp3) is 0.263. The second-order valence-corrected chi connectivity index (χ2v) is 9.23. The summed E-state index contributed by atoms with van der Waals surface area (Å²) in [5.74, 6) is 1.18. The van der Waals surface area contributed by atoms with Crippen LogP contribution in [0.15, 0.2) is 52.4 Å². The maximum atomic E-state index is 12.4. The molecule has 2 aromatic carbocycles. The molecule has 3 rings (SSSR count). The quantitative estimate of drug-likeness (QED) is 0.509. The molecule has 0 N–H and O–H groups in total. The molecule has 0 atom stereocenters. The Labute approximate surface area is 170 Å². The zero-order chi connectivity index (χ0) is 18.5. The third-order valence-corrected chi connectivity index (χ3v) is 6.63. The minimum atomic E-state index is -0.119. The molecule has 0 radical (unpaired) electrons. The van der Waals surface area contributed by atoms with Gasteiger partial charge in [-0.25, -0.2) is 0 Å². The first-order valence-corrected chi connectivity index (χ1v) is 11.7. The van der Waals surface area contributed by atoms with Gasteiger partial charge in [-0.3, -0.25) is 4.79 Å². The number of fused-ring (bicyclic) bond motifs is 1. The molecule has 0 aliphatic carbocycles. The van der Waals surface area contributed by atoms with Crippen molar-refractivity contribution >= 4 is 62.6 Å². The number of hydrogen-bond donors (Lipinski definition) is 0. The van der Waals surface area contributed by atoms with Crippen LogP contribution >= 0.6 is 46.5 Å². The zero-order valence-corrected chi connectivity index (χ0v) is 17.8. The van der Waals surface area contributed by atoms with Crippen LogP contribution in [0.4, 0.5) is 0 Å². The molecule has 1 amide bonds. The van der Waals surface area contributed by atoms with E-state index >= 15 is 0 Å². The molecular formula is C19H19ClN2OS3. The molecule has 3 aromatic rings. The predicted molar refractivity (Wildman–Crippen MR) is 116 cm³/mol. The lowest BCUT2D eigenvalue weighted by Crippen LogP contribution is -2.18. The molecule has 0 fully saturated rings. The van der Waals surface area contributed by atoms with E-state index in [4.69, 9.17) is 11.6 Å². The minimum Gasteiger partial charge on any atom is -0.316 e. The maximum Gasteiger partial charge on any atom is 0.258 e. The highest BCUT2D eigenvalue weighted by Gasteiger charge is 2.08. The molecule has 1 aromatic heterocycles. The second kappa shape index (κ2) is 9.13. The normalized spacial score (nSPS) is 12.0. The summed E-state index contributed by atoms with van der Waals surface area (Å²) in [5.41, 5.74) is 2.36. The monoisotopic (exact) mass is 422 g/mol. The number of carbonyl (C=O) groups is 1. The van der Waals surface area contributed by atoms with Crippen molar-refractivity contribution < 1.29 is 4.79 Å². The molecule has 0 unspecified atom stereocenters. The highest BCUT2D eigenvalue weighted by molar-refractivity contribution is 8.00. The minimum absolute atomic E-state index is 0.119. The van der Waals surface area contributed by atoms with Crippen LogP contribution in [0.3, 0.4) is 0 Å². The van der Waals surface area contributed by atoms with E-state index in [0.29, 0.717) is 10.8 Å². The number of nitrogens with zero attached hydrogens (tertiary/aromatic N) is 2. The first-order chi connectivity index (χ1) is 12.6. The van der Waals surface area contributed by atoms with Gasteiger partial charge in [0.1, 0.15) is 0 Å². The van der Waals surface area contributed by atoms with Gasteiger partial charge >= 0.3 is 0 Å². The number of thioether (sulfide) groups is 2. The molecule has 0 saturated heterocycles. The summed E-state index contributed by atoms with van der Waals surface area (Å²) >= 11 is 10.7. The van der Waals surface area contributed by atoms with E-state index in [1.54, 1.807) is 23.1 Å². The van der Waals surface area contributed by atoms with Crippen LogP contribution < -0.4 is 4.80 Å². The van der Waals surface area contributed by atoms with Crippen LogP contribution in [0.2, 0.25) is 5.02 Å². The van der Waals surface area contributed by atoms with Crippen molar-refractivity contribution in [3.63, 3.8) is 0 Å². The summed E-state index contributed by atoms with van der Waals surface area (Å²) in [5, 5.41) is 0.695. The summed E-state index contributed by atoms with van der Waals surface area (Å²) < 4.78 is 3.32. The SMILES string of the molecule is CSCCn1c(=NC(=O)CSc2ccc(Cl)cc2)sc2cc(C)ccc21. The summed E-state index contributed by atoms with van der Waals surface area (Å²) in [6, 6.07) is 13.9. The van der Waals surface area contributed by atoms with Gasteiger partial charge < -0.3 is 4.57 Å². The van der Waals surface area contributed by atoms with Crippen molar-refractivity contribution in [2.75, 3.05) is 17.8 Å². The van der Waals surface area contributed by atoms with Crippen LogP contribution in [-0.2, 0) is 11.3 Å². The Bertz CT molecular complexity index is 977. The van der Waals surface area contributed by atoms with Crippen LogP contribution in [0.25, 0.3) is 10.2 Å². The largest absolute Gasteiger partial charge is 0.316 e. The Hall–Kier alpha value is -1.21. The van der Waals surface area contributed by atoms with Crippen LogP contribution in [0, 0.1) is 6.92 Å². The van der Waals surface area contributed by atoms with Crippen molar-refractivity contribution in [2.45, 2.75) is 18.4 Å². The third-order valence-electron chi connectivity index (χ3n) is 3.75. The molecule has 0 aliphatic rings. The fourth-order valence-electron chi connectivity index (χ4n) is 2.48. The molecule has 0 bridgehead atoms. The topological polar surface area (TPSA) is 34.4 Å². The van der Waals surface area contributed by atoms with Crippen LogP contribution in [0.5, 0.6) is 0 Å². The molecule has 0 aliphatic heterocycles. The maximum absolute atomic E-state index is 12.4. The van der Waals surface area contributed by atoms with Crippen LogP contribution in [-0.4, -0.2) is 28.2 Å². The van der Waals surface area contributed by atoms with Gasteiger partial charge in [0.15, 0.2) is 4.80 Å².